The Morgan fingerprint density at radius 2 is 1.96 bits per heavy atom. The van der Waals surface area contributed by atoms with E-state index < -0.39 is 0 Å². The van der Waals surface area contributed by atoms with Gasteiger partial charge in [-0.2, -0.15) is 5.10 Å². The smallest absolute Gasteiger partial charge is 0.280 e. The summed E-state index contributed by atoms with van der Waals surface area (Å²) in [5.41, 5.74) is 1.17. The number of thiazole rings is 1. The predicted molar refractivity (Wildman–Crippen MR) is 112 cm³/mol. The summed E-state index contributed by atoms with van der Waals surface area (Å²) >= 11 is 7.76. The molecule has 144 valence electrons. The Morgan fingerprint density at radius 3 is 2.59 bits per heavy atom. The fourth-order valence-electron chi connectivity index (χ4n) is 2.87. The number of carbonyl (C=O) groups is 1. The first kappa shape index (κ1) is 19.8. The zero-order chi connectivity index (χ0) is 19.4. The van der Waals surface area contributed by atoms with Gasteiger partial charge in [-0.1, -0.05) is 42.9 Å². The third kappa shape index (κ3) is 4.31. The SMILES string of the molecule is CCN(CC)CCN(C(=O)c1ccn(CC)n1)c1nc2c(Cl)cccc2s1. The van der Waals surface area contributed by atoms with Gasteiger partial charge in [0.25, 0.3) is 5.91 Å². The molecule has 0 N–H and O–H groups in total. The van der Waals surface area contributed by atoms with Crippen LogP contribution >= 0.6 is 22.9 Å². The van der Waals surface area contributed by atoms with Crippen molar-refractivity contribution < 1.29 is 4.79 Å². The molecule has 2 heterocycles. The Morgan fingerprint density at radius 1 is 1.19 bits per heavy atom. The number of anilines is 1. The molecule has 0 unspecified atom stereocenters. The molecule has 2 aromatic heterocycles. The summed E-state index contributed by atoms with van der Waals surface area (Å²) < 4.78 is 2.72. The van der Waals surface area contributed by atoms with E-state index in [9.17, 15) is 4.79 Å². The molecule has 0 atom stereocenters. The first-order valence-corrected chi connectivity index (χ1v) is 10.4. The summed E-state index contributed by atoms with van der Waals surface area (Å²) in [4.78, 5) is 21.9. The number of amides is 1. The van der Waals surface area contributed by atoms with Crippen LogP contribution in [0, 0.1) is 0 Å². The lowest BCUT2D eigenvalue weighted by Crippen LogP contribution is -2.39. The highest BCUT2D eigenvalue weighted by Gasteiger charge is 2.24. The van der Waals surface area contributed by atoms with Crippen molar-refractivity contribution in [2.75, 3.05) is 31.1 Å². The summed E-state index contributed by atoms with van der Waals surface area (Å²) in [6.45, 7) is 10.2. The average molecular weight is 406 g/mol. The zero-order valence-corrected chi connectivity index (χ0v) is 17.4. The largest absolute Gasteiger partial charge is 0.302 e. The van der Waals surface area contributed by atoms with Crippen molar-refractivity contribution in [2.24, 2.45) is 0 Å². The minimum atomic E-state index is -0.135. The van der Waals surface area contributed by atoms with Gasteiger partial charge in [-0.25, -0.2) is 4.98 Å². The van der Waals surface area contributed by atoms with Crippen LogP contribution in [-0.4, -0.2) is 51.8 Å². The first-order chi connectivity index (χ1) is 13.1. The van der Waals surface area contributed by atoms with Crippen LogP contribution in [0.4, 0.5) is 5.13 Å². The van der Waals surface area contributed by atoms with E-state index in [-0.39, 0.29) is 5.91 Å². The lowest BCUT2D eigenvalue weighted by molar-refractivity contribution is 0.0978. The Labute approximate surface area is 168 Å². The van der Waals surface area contributed by atoms with Gasteiger partial charge < -0.3 is 4.90 Å². The molecule has 0 aliphatic carbocycles. The van der Waals surface area contributed by atoms with Gasteiger partial charge in [0.05, 0.1) is 9.72 Å². The number of aryl methyl sites for hydroxylation is 1. The summed E-state index contributed by atoms with van der Waals surface area (Å²) in [7, 11) is 0. The molecule has 3 rings (SSSR count). The molecular weight excluding hydrogens is 382 g/mol. The standard InChI is InChI=1S/C19H24ClN5OS/c1-4-23(5-2)12-13-25(18(26)15-10-11-24(6-3)22-15)19-21-17-14(20)8-7-9-16(17)27-19/h7-11H,4-6,12-13H2,1-3H3. The van der Waals surface area contributed by atoms with Crippen LogP contribution in [0.2, 0.25) is 5.02 Å². The molecule has 0 aliphatic rings. The number of hydrogen-bond donors (Lipinski definition) is 0. The molecule has 8 heteroatoms. The molecule has 27 heavy (non-hydrogen) atoms. The van der Waals surface area contributed by atoms with E-state index in [2.05, 4.69) is 28.8 Å². The van der Waals surface area contributed by atoms with E-state index in [4.69, 9.17) is 11.6 Å². The van der Waals surface area contributed by atoms with E-state index in [1.807, 2.05) is 31.3 Å². The number of benzene rings is 1. The topological polar surface area (TPSA) is 54.3 Å². The van der Waals surface area contributed by atoms with Gasteiger partial charge in [0, 0.05) is 25.8 Å². The van der Waals surface area contributed by atoms with Crippen molar-refractivity contribution in [1.82, 2.24) is 19.7 Å². The van der Waals surface area contributed by atoms with Gasteiger partial charge in [0.15, 0.2) is 10.8 Å². The van der Waals surface area contributed by atoms with Crippen LogP contribution in [0.3, 0.4) is 0 Å². The van der Waals surface area contributed by atoms with Gasteiger partial charge in [-0.05, 0) is 38.2 Å². The Balaban J connectivity index is 1.94. The maximum Gasteiger partial charge on any atom is 0.280 e. The Hall–Kier alpha value is -1.96. The number of nitrogens with zero attached hydrogens (tertiary/aromatic N) is 5. The minimum Gasteiger partial charge on any atom is -0.302 e. The fraction of sp³-hybridized carbons (Fsp3) is 0.421. The van der Waals surface area contributed by atoms with Gasteiger partial charge in [0.1, 0.15) is 5.52 Å². The van der Waals surface area contributed by atoms with Gasteiger partial charge >= 0.3 is 0 Å². The van der Waals surface area contributed by atoms with Crippen LogP contribution in [0.15, 0.2) is 30.5 Å². The first-order valence-electron chi connectivity index (χ1n) is 9.20. The number of para-hydroxylation sites is 1. The Bertz CT molecular complexity index is 918. The number of carbonyl (C=O) groups excluding carboxylic acids is 1. The number of aromatic nitrogens is 3. The van der Waals surface area contributed by atoms with E-state index in [0.29, 0.717) is 22.4 Å². The quantitative estimate of drug-likeness (QED) is 0.564. The molecule has 0 saturated heterocycles. The van der Waals surface area contributed by atoms with Crippen molar-refractivity contribution in [3.05, 3.63) is 41.2 Å². The maximum atomic E-state index is 13.2. The molecule has 1 aromatic carbocycles. The van der Waals surface area contributed by atoms with E-state index in [1.54, 1.807) is 15.6 Å². The van der Waals surface area contributed by atoms with Crippen LogP contribution in [0.25, 0.3) is 10.2 Å². The zero-order valence-electron chi connectivity index (χ0n) is 15.9. The van der Waals surface area contributed by atoms with Gasteiger partial charge in [0.2, 0.25) is 0 Å². The van der Waals surface area contributed by atoms with Crippen molar-refractivity contribution in [2.45, 2.75) is 27.3 Å². The van der Waals surface area contributed by atoms with Crippen molar-refractivity contribution >= 4 is 44.2 Å². The molecule has 0 radical (unpaired) electrons. The highest BCUT2D eigenvalue weighted by molar-refractivity contribution is 7.22. The van der Waals surface area contributed by atoms with E-state index >= 15 is 0 Å². The summed E-state index contributed by atoms with van der Waals surface area (Å²) in [5, 5.41) is 5.63. The molecule has 0 aliphatic heterocycles. The number of hydrogen-bond acceptors (Lipinski definition) is 5. The molecule has 0 saturated carbocycles. The van der Waals surface area contributed by atoms with Crippen molar-refractivity contribution in [1.29, 1.82) is 0 Å². The molecule has 0 fully saturated rings. The van der Waals surface area contributed by atoms with Gasteiger partial charge in [-0.3, -0.25) is 14.4 Å². The average Bonchev–Trinajstić information content (AvgIpc) is 3.32. The van der Waals surface area contributed by atoms with E-state index in [1.165, 1.54) is 11.3 Å². The van der Waals surface area contributed by atoms with Crippen LogP contribution in [0.1, 0.15) is 31.3 Å². The molecule has 3 aromatic rings. The molecule has 6 nitrogen and oxygen atoms in total. The highest BCUT2D eigenvalue weighted by Crippen LogP contribution is 2.33. The predicted octanol–water partition coefficient (Wildman–Crippen LogP) is 4.15. The molecule has 0 spiro atoms. The number of halogens is 1. The maximum absolute atomic E-state index is 13.2. The third-order valence-electron chi connectivity index (χ3n) is 4.55. The molecular formula is C19H24ClN5OS. The highest BCUT2D eigenvalue weighted by atomic mass is 35.5. The molecule has 1 amide bonds. The summed E-state index contributed by atoms with van der Waals surface area (Å²) in [5.74, 6) is -0.135. The fourth-order valence-corrected chi connectivity index (χ4v) is 4.16. The second kappa shape index (κ2) is 8.82. The van der Waals surface area contributed by atoms with Crippen LogP contribution < -0.4 is 4.90 Å². The molecule has 0 bridgehead atoms. The number of likely N-dealkylation sites (N-methyl/N-ethyl adjacent to an activating group) is 1. The second-order valence-electron chi connectivity index (χ2n) is 6.12. The van der Waals surface area contributed by atoms with Crippen molar-refractivity contribution in [3.63, 3.8) is 0 Å². The number of fused-ring (bicyclic) bond motifs is 1. The normalized spacial score (nSPS) is 11.4. The lowest BCUT2D eigenvalue weighted by Gasteiger charge is -2.24. The third-order valence-corrected chi connectivity index (χ3v) is 5.90. The van der Waals surface area contributed by atoms with Gasteiger partial charge in [-0.15, -0.1) is 0 Å². The van der Waals surface area contributed by atoms with Crippen molar-refractivity contribution in [3.8, 4) is 0 Å². The number of rotatable bonds is 8. The second-order valence-corrected chi connectivity index (χ2v) is 7.54. The monoisotopic (exact) mass is 405 g/mol. The summed E-state index contributed by atoms with van der Waals surface area (Å²) in [6.07, 6.45) is 1.82. The minimum absolute atomic E-state index is 0.135. The Kier molecular flexibility index (Phi) is 6.46. The summed E-state index contributed by atoms with van der Waals surface area (Å²) in [6, 6.07) is 7.45. The van der Waals surface area contributed by atoms with E-state index in [0.717, 1.165) is 36.4 Å². The lowest BCUT2D eigenvalue weighted by atomic mass is 10.3. The van der Waals surface area contributed by atoms with Crippen LogP contribution in [-0.2, 0) is 6.54 Å². The van der Waals surface area contributed by atoms with Crippen LogP contribution in [0.5, 0.6) is 0 Å².